The van der Waals surface area contributed by atoms with E-state index in [4.69, 9.17) is 29.8 Å². The number of aliphatic hydroxyl groups is 1. The Bertz CT molecular complexity index is 744. The molecule has 0 aromatic heterocycles. The summed E-state index contributed by atoms with van der Waals surface area (Å²) in [6.45, 7) is 12.3. The van der Waals surface area contributed by atoms with Crippen LogP contribution in [0.1, 0.15) is 66.7 Å². The van der Waals surface area contributed by atoms with E-state index in [-0.39, 0.29) is 87.7 Å². The minimum Gasteiger partial charge on any atom is -0.400 e. The van der Waals surface area contributed by atoms with Gasteiger partial charge in [-0.2, -0.15) is 0 Å². The van der Waals surface area contributed by atoms with E-state index >= 15 is 0 Å². The summed E-state index contributed by atoms with van der Waals surface area (Å²) in [6.07, 6.45) is 3.78. The predicted molar refractivity (Wildman–Crippen MR) is 171 cm³/mol. The zero-order chi connectivity index (χ0) is 34.7. The number of aliphatic hydroxyl groups excluding tert-OH is 1. The van der Waals surface area contributed by atoms with Crippen LogP contribution < -0.4 is 27.0 Å². The van der Waals surface area contributed by atoms with Gasteiger partial charge < -0.3 is 55.8 Å². The van der Waals surface area contributed by atoms with E-state index < -0.39 is 0 Å². The van der Waals surface area contributed by atoms with Gasteiger partial charge in [0.15, 0.2) is 0 Å². The number of unbranched alkanes of at least 4 members (excludes halogenated alkanes) is 1. The summed E-state index contributed by atoms with van der Waals surface area (Å²) in [6, 6.07) is -0.165. The van der Waals surface area contributed by atoms with Crippen molar-refractivity contribution in [3.8, 4) is 0 Å². The van der Waals surface area contributed by atoms with E-state index in [1.165, 1.54) is 0 Å². The second-order valence-electron chi connectivity index (χ2n) is 9.78. The molecular formula is C30H61N5O10. The van der Waals surface area contributed by atoms with Gasteiger partial charge in [-0.15, -0.1) is 0 Å². The Morgan fingerprint density at radius 1 is 0.689 bits per heavy atom. The Hall–Kier alpha value is -2.69. The summed E-state index contributed by atoms with van der Waals surface area (Å²) in [5.41, 5.74) is 5.21. The number of carbonyl (C=O) groups excluding carboxylic acids is 5. The van der Waals surface area contributed by atoms with Gasteiger partial charge in [-0.25, -0.2) is 0 Å². The molecule has 0 aromatic carbocycles. The lowest BCUT2D eigenvalue weighted by atomic mass is 10.0. The molecule has 0 aliphatic heterocycles. The van der Waals surface area contributed by atoms with Gasteiger partial charge in [0.2, 0.25) is 23.6 Å². The van der Waals surface area contributed by atoms with Gasteiger partial charge in [-0.05, 0) is 19.3 Å². The Morgan fingerprint density at radius 2 is 1.16 bits per heavy atom. The van der Waals surface area contributed by atoms with Crippen LogP contribution in [0.4, 0.5) is 0 Å². The third-order valence-corrected chi connectivity index (χ3v) is 5.61. The van der Waals surface area contributed by atoms with Crippen LogP contribution >= 0.6 is 0 Å². The third kappa shape index (κ3) is 35.7. The highest BCUT2D eigenvalue weighted by atomic mass is 16.5. The average molecular weight is 652 g/mol. The average Bonchev–Trinajstić information content (AvgIpc) is 3.03. The fraction of sp³-hybridized carbons (Fsp3) is 0.833. The van der Waals surface area contributed by atoms with Crippen molar-refractivity contribution in [2.75, 3.05) is 79.6 Å². The standard InChI is InChI=1S/C27H51N5O9.C2H6.CH4O/c1-21(2)32-23(18-33)7-8-24(34)30-10-12-38-14-17-41-20-26(36)31-11-13-39-15-16-40-19-25(35)29-9-5-4-6-22(3)27(28)37;2*1-2/h18,21-23,32H,4-17,19-20H2,1-3H3,(H2,28,37)(H,29,35)(H,30,34)(H,31,36);1-2H3;2H,1H3. The van der Waals surface area contributed by atoms with Crippen molar-refractivity contribution in [1.29, 1.82) is 0 Å². The number of amides is 4. The summed E-state index contributed by atoms with van der Waals surface area (Å²) in [5, 5.41) is 18.2. The number of ether oxygens (including phenoxy) is 4. The summed E-state index contributed by atoms with van der Waals surface area (Å²) in [4.78, 5) is 57.2. The van der Waals surface area contributed by atoms with Crippen molar-refractivity contribution in [2.24, 2.45) is 11.7 Å². The lowest BCUT2D eigenvalue weighted by Crippen LogP contribution is -2.37. The van der Waals surface area contributed by atoms with Crippen LogP contribution in [0.3, 0.4) is 0 Å². The molecule has 4 amide bonds. The number of primary amides is 1. The molecule has 0 fully saturated rings. The van der Waals surface area contributed by atoms with Crippen LogP contribution in [-0.2, 0) is 42.9 Å². The van der Waals surface area contributed by atoms with Crippen LogP contribution in [0.15, 0.2) is 0 Å². The Morgan fingerprint density at radius 3 is 1.62 bits per heavy atom. The lowest BCUT2D eigenvalue weighted by molar-refractivity contribution is -0.127. The maximum absolute atomic E-state index is 11.8. The van der Waals surface area contributed by atoms with Gasteiger partial charge in [0.25, 0.3) is 0 Å². The summed E-state index contributed by atoms with van der Waals surface area (Å²) in [7, 11) is 1.00. The number of aldehydes is 1. The van der Waals surface area contributed by atoms with Crippen LogP contribution in [-0.4, -0.2) is 127 Å². The summed E-state index contributed by atoms with van der Waals surface area (Å²) >= 11 is 0. The minimum absolute atomic E-state index is 0.0627. The molecule has 0 saturated heterocycles. The van der Waals surface area contributed by atoms with Crippen LogP contribution in [0, 0.1) is 5.92 Å². The fourth-order valence-electron chi connectivity index (χ4n) is 3.34. The molecule has 266 valence electrons. The molecule has 0 radical (unpaired) electrons. The van der Waals surface area contributed by atoms with Gasteiger partial charge in [-0.1, -0.05) is 41.0 Å². The molecule has 0 bridgehead atoms. The van der Waals surface area contributed by atoms with Crippen molar-refractivity contribution >= 4 is 29.9 Å². The highest BCUT2D eigenvalue weighted by molar-refractivity contribution is 5.77. The van der Waals surface area contributed by atoms with Gasteiger partial charge in [0, 0.05) is 45.1 Å². The lowest BCUT2D eigenvalue weighted by Gasteiger charge is -2.15. The molecule has 2 unspecified atom stereocenters. The monoisotopic (exact) mass is 651 g/mol. The second kappa shape index (κ2) is 35.8. The van der Waals surface area contributed by atoms with E-state index in [0.29, 0.717) is 45.7 Å². The smallest absolute Gasteiger partial charge is 0.246 e. The maximum atomic E-state index is 11.8. The highest BCUT2D eigenvalue weighted by Crippen LogP contribution is 2.06. The first-order valence-corrected chi connectivity index (χ1v) is 15.7. The number of rotatable bonds is 28. The summed E-state index contributed by atoms with van der Waals surface area (Å²) in [5.74, 6) is -1.11. The minimum atomic E-state index is -0.335. The normalized spacial score (nSPS) is 11.6. The zero-order valence-corrected chi connectivity index (χ0v) is 28.3. The van der Waals surface area contributed by atoms with E-state index in [0.717, 1.165) is 26.2 Å². The Labute approximate surface area is 269 Å². The largest absolute Gasteiger partial charge is 0.400 e. The van der Waals surface area contributed by atoms with E-state index in [1.807, 2.05) is 27.7 Å². The van der Waals surface area contributed by atoms with Crippen molar-refractivity contribution in [2.45, 2.75) is 78.8 Å². The maximum Gasteiger partial charge on any atom is 0.246 e. The molecule has 0 rings (SSSR count). The first-order chi connectivity index (χ1) is 21.6. The third-order valence-electron chi connectivity index (χ3n) is 5.61. The Kier molecular flexibility index (Phi) is 37.2. The number of hydrogen-bond acceptors (Lipinski definition) is 11. The van der Waals surface area contributed by atoms with Crippen LogP contribution in [0.2, 0.25) is 0 Å². The molecule has 2 atom stereocenters. The van der Waals surface area contributed by atoms with Crippen molar-refractivity contribution in [3.05, 3.63) is 0 Å². The SMILES string of the molecule is CC.CC(C)NC(C=O)CCC(=O)NCCOCCOCC(=O)NCCOCCOCC(=O)NCCCCC(C)C(N)=O.CO. The number of carbonyl (C=O) groups is 5. The topological polar surface area (TPSA) is 217 Å². The first-order valence-electron chi connectivity index (χ1n) is 15.7. The molecule has 15 heteroatoms. The van der Waals surface area contributed by atoms with Gasteiger partial charge in [-0.3, -0.25) is 19.2 Å². The molecule has 0 aliphatic rings. The highest BCUT2D eigenvalue weighted by Gasteiger charge is 2.11. The molecule has 7 N–H and O–H groups in total. The van der Waals surface area contributed by atoms with Crippen LogP contribution in [0.5, 0.6) is 0 Å². The molecule has 0 aromatic rings. The predicted octanol–water partition coefficient (Wildman–Crippen LogP) is -0.326. The second-order valence-corrected chi connectivity index (χ2v) is 9.78. The number of hydrogen-bond donors (Lipinski definition) is 6. The molecule has 15 nitrogen and oxygen atoms in total. The van der Waals surface area contributed by atoms with Crippen LogP contribution in [0.25, 0.3) is 0 Å². The van der Waals surface area contributed by atoms with E-state index in [9.17, 15) is 24.0 Å². The zero-order valence-electron chi connectivity index (χ0n) is 28.3. The summed E-state index contributed by atoms with van der Waals surface area (Å²) < 4.78 is 21.2. The first kappa shape index (κ1) is 46.7. The molecule has 0 saturated carbocycles. The van der Waals surface area contributed by atoms with Crippen molar-refractivity contribution < 1.29 is 48.0 Å². The molecular weight excluding hydrogens is 590 g/mol. The molecule has 0 heterocycles. The van der Waals surface area contributed by atoms with Crippen molar-refractivity contribution in [3.63, 3.8) is 0 Å². The molecule has 45 heavy (non-hydrogen) atoms. The Balaban J connectivity index is -0.00000422. The number of nitrogens with one attached hydrogen (secondary N) is 4. The van der Waals surface area contributed by atoms with Gasteiger partial charge in [0.1, 0.15) is 19.5 Å². The van der Waals surface area contributed by atoms with Gasteiger partial charge >= 0.3 is 0 Å². The quantitative estimate of drug-likeness (QED) is 0.0476. The fourth-order valence-corrected chi connectivity index (χ4v) is 3.34. The van der Waals surface area contributed by atoms with E-state index in [2.05, 4.69) is 21.3 Å². The molecule has 0 aliphatic carbocycles. The van der Waals surface area contributed by atoms with Crippen molar-refractivity contribution in [1.82, 2.24) is 21.3 Å². The van der Waals surface area contributed by atoms with E-state index in [1.54, 1.807) is 6.92 Å². The van der Waals surface area contributed by atoms with Gasteiger partial charge in [0.05, 0.1) is 45.7 Å². The molecule has 0 spiro atoms. The number of nitrogens with two attached hydrogens (primary N) is 1.